The van der Waals surface area contributed by atoms with Gasteiger partial charge in [-0.15, -0.1) is 0 Å². The summed E-state index contributed by atoms with van der Waals surface area (Å²) in [5.41, 5.74) is 0. The van der Waals surface area contributed by atoms with Crippen LogP contribution in [0.5, 0.6) is 0 Å². The lowest BCUT2D eigenvalue weighted by molar-refractivity contribution is 0.123. The third-order valence-corrected chi connectivity index (χ3v) is 3.31. The molecule has 0 aromatic heterocycles. The first-order chi connectivity index (χ1) is 7.45. The van der Waals surface area contributed by atoms with E-state index in [9.17, 15) is 0 Å². The van der Waals surface area contributed by atoms with Crippen LogP contribution >= 0.6 is 0 Å². The third-order valence-electron chi connectivity index (χ3n) is 3.31. The van der Waals surface area contributed by atoms with Gasteiger partial charge < -0.3 is 15.4 Å². The van der Waals surface area contributed by atoms with Crippen molar-refractivity contribution in [1.29, 1.82) is 0 Å². The van der Waals surface area contributed by atoms with Crippen LogP contribution < -0.4 is 10.6 Å². The molecule has 2 aliphatic rings. The van der Waals surface area contributed by atoms with Gasteiger partial charge in [-0.1, -0.05) is 0 Å². The summed E-state index contributed by atoms with van der Waals surface area (Å²) in [6, 6.07) is 0.713. The number of ether oxygens (including phenoxy) is 1. The summed E-state index contributed by atoms with van der Waals surface area (Å²) in [7, 11) is 0. The Balaban J connectivity index is 1.44. The lowest BCUT2D eigenvalue weighted by Crippen LogP contribution is -2.32. The van der Waals surface area contributed by atoms with E-state index in [1.165, 1.54) is 45.2 Å². The van der Waals surface area contributed by atoms with Crippen LogP contribution in [0.15, 0.2) is 0 Å². The highest BCUT2D eigenvalue weighted by Crippen LogP contribution is 2.28. The first-order valence-electron chi connectivity index (χ1n) is 6.47. The molecule has 15 heavy (non-hydrogen) atoms. The van der Waals surface area contributed by atoms with E-state index in [0.29, 0.717) is 6.04 Å². The van der Waals surface area contributed by atoms with E-state index in [4.69, 9.17) is 4.74 Å². The minimum Gasteiger partial charge on any atom is -0.380 e. The zero-order valence-corrected chi connectivity index (χ0v) is 9.63. The topological polar surface area (TPSA) is 33.3 Å². The van der Waals surface area contributed by atoms with Crippen LogP contribution in [0.25, 0.3) is 0 Å². The highest BCUT2D eigenvalue weighted by Gasteiger charge is 2.20. The third kappa shape index (κ3) is 4.96. The second kappa shape index (κ2) is 6.46. The minimum atomic E-state index is 0.713. The van der Waals surface area contributed by atoms with E-state index < -0.39 is 0 Å². The van der Waals surface area contributed by atoms with Crippen LogP contribution in [0.2, 0.25) is 0 Å². The summed E-state index contributed by atoms with van der Waals surface area (Å²) in [5, 5.41) is 7.02. The second-order valence-corrected chi connectivity index (χ2v) is 4.85. The lowest BCUT2D eigenvalue weighted by atomic mass is 10.1. The average molecular weight is 212 g/mol. The number of hydrogen-bond acceptors (Lipinski definition) is 3. The molecule has 2 rings (SSSR count). The Hall–Kier alpha value is -0.120. The normalized spacial score (nSPS) is 27.6. The molecule has 0 radical (unpaired) electrons. The largest absolute Gasteiger partial charge is 0.380 e. The van der Waals surface area contributed by atoms with E-state index in [0.717, 1.165) is 25.7 Å². The SMILES string of the molecule is C1CNCCC(NCCOCC2CC2)C1. The van der Waals surface area contributed by atoms with Crippen molar-refractivity contribution in [2.24, 2.45) is 5.92 Å². The Bertz CT molecular complexity index is 163. The Kier molecular flexibility index (Phi) is 4.90. The first kappa shape index (κ1) is 11.4. The molecule has 2 fully saturated rings. The highest BCUT2D eigenvalue weighted by molar-refractivity contribution is 4.73. The molecule has 3 nitrogen and oxygen atoms in total. The molecular formula is C12H24N2O. The van der Waals surface area contributed by atoms with Gasteiger partial charge >= 0.3 is 0 Å². The summed E-state index contributed by atoms with van der Waals surface area (Å²) in [6.07, 6.45) is 6.67. The van der Waals surface area contributed by atoms with Crippen molar-refractivity contribution < 1.29 is 4.74 Å². The zero-order chi connectivity index (χ0) is 10.3. The molecular weight excluding hydrogens is 188 g/mol. The maximum absolute atomic E-state index is 5.60. The molecule has 3 heteroatoms. The Morgan fingerprint density at radius 2 is 2.07 bits per heavy atom. The van der Waals surface area contributed by atoms with Crippen molar-refractivity contribution in [2.75, 3.05) is 32.8 Å². The Morgan fingerprint density at radius 3 is 2.93 bits per heavy atom. The van der Waals surface area contributed by atoms with E-state index in [1.54, 1.807) is 0 Å². The Labute approximate surface area is 93.0 Å². The van der Waals surface area contributed by atoms with Gasteiger partial charge in [-0.2, -0.15) is 0 Å². The molecule has 1 heterocycles. The molecule has 0 bridgehead atoms. The van der Waals surface area contributed by atoms with Gasteiger partial charge in [0.25, 0.3) is 0 Å². The molecule has 0 amide bonds. The molecule has 1 saturated carbocycles. The zero-order valence-electron chi connectivity index (χ0n) is 9.63. The van der Waals surface area contributed by atoms with Crippen molar-refractivity contribution in [3.05, 3.63) is 0 Å². The average Bonchev–Trinajstić information content (AvgIpc) is 3.03. The van der Waals surface area contributed by atoms with Crippen LogP contribution in [0.3, 0.4) is 0 Å². The molecule has 88 valence electrons. The predicted molar refractivity (Wildman–Crippen MR) is 62.1 cm³/mol. The van der Waals surface area contributed by atoms with Crippen LogP contribution in [0.4, 0.5) is 0 Å². The lowest BCUT2D eigenvalue weighted by Gasteiger charge is -2.15. The molecule has 1 unspecified atom stereocenters. The predicted octanol–water partition coefficient (Wildman–Crippen LogP) is 1.14. The molecule has 2 N–H and O–H groups in total. The summed E-state index contributed by atoms with van der Waals surface area (Å²) >= 11 is 0. The van der Waals surface area contributed by atoms with E-state index >= 15 is 0 Å². The van der Waals surface area contributed by atoms with Gasteiger partial charge in [-0.3, -0.25) is 0 Å². The fourth-order valence-electron chi connectivity index (χ4n) is 2.09. The maximum Gasteiger partial charge on any atom is 0.0591 e. The first-order valence-corrected chi connectivity index (χ1v) is 6.47. The van der Waals surface area contributed by atoms with Gasteiger partial charge in [0.15, 0.2) is 0 Å². The van der Waals surface area contributed by atoms with Gasteiger partial charge in [-0.25, -0.2) is 0 Å². The van der Waals surface area contributed by atoms with Crippen LogP contribution in [0, 0.1) is 5.92 Å². The summed E-state index contributed by atoms with van der Waals surface area (Å²) < 4.78 is 5.60. The molecule has 1 saturated heterocycles. The van der Waals surface area contributed by atoms with Crippen LogP contribution in [0.1, 0.15) is 32.1 Å². The number of rotatable bonds is 6. The molecule has 0 spiro atoms. The number of hydrogen-bond donors (Lipinski definition) is 2. The fourth-order valence-corrected chi connectivity index (χ4v) is 2.09. The summed E-state index contributed by atoms with van der Waals surface area (Å²) in [5.74, 6) is 0.895. The molecule has 0 aromatic rings. The van der Waals surface area contributed by atoms with E-state index in [1.807, 2.05) is 0 Å². The van der Waals surface area contributed by atoms with Gasteiger partial charge in [0, 0.05) is 19.2 Å². The molecule has 1 aliphatic heterocycles. The molecule has 0 aromatic carbocycles. The van der Waals surface area contributed by atoms with Crippen molar-refractivity contribution in [3.63, 3.8) is 0 Å². The highest BCUT2D eigenvalue weighted by atomic mass is 16.5. The van der Waals surface area contributed by atoms with Gasteiger partial charge in [0.1, 0.15) is 0 Å². The molecule has 1 aliphatic carbocycles. The number of nitrogens with one attached hydrogen (secondary N) is 2. The van der Waals surface area contributed by atoms with Crippen LogP contribution in [-0.4, -0.2) is 38.9 Å². The van der Waals surface area contributed by atoms with Crippen molar-refractivity contribution in [2.45, 2.75) is 38.1 Å². The smallest absolute Gasteiger partial charge is 0.0591 e. The molecule has 1 atom stereocenters. The van der Waals surface area contributed by atoms with Gasteiger partial charge in [-0.05, 0) is 51.1 Å². The van der Waals surface area contributed by atoms with E-state index in [-0.39, 0.29) is 0 Å². The summed E-state index contributed by atoms with van der Waals surface area (Å²) in [6.45, 7) is 5.27. The van der Waals surface area contributed by atoms with Crippen LogP contribution in [-0.2, 0) is 4.74 Å². The van der Waals surface area contributed by atoms with Crippen molar-refractivity contribution in [1.82, 2.24) is 10.6 Å². The Morgan fingerprint density at radius 1 is 1.13 bits per heavy atom. The van der Waals surface area contributed by atoms with Gasteiger partial charge in [0.05, 0.1) is 6.61 Å². The van der Waals surface area contributed by atoms with E-state index in [2.05, 4.69) is 10.6 Å². The fraction of sp³-hybridized carbons (Fsp3) is 1.00. The standard InChI is InChI=1S/C12H24N2O/c1-2-12(5-7-13-6-1)14-8-9-15-10-11-3-4-11/h11-14H,1-10H2. The quantitative estimate of drug-likeness (QED) is 0.648. The monoisotopic (exact) mass is 212 g/mol. The maximum atomic E-state index is 5.60. The van der Waals surface area contributed by atoms with Crippen molar-refractivity contribution >= 4 is 0 Å². The van der Waals surface area contributed by atoms with Crippen molar-refractivity contribution in [3.8, 4) is 0 Å². The second-order valence-electron chi connectivity index (χ2n) is 4.85. The van der Waals surface area contributed by atoms with Gasteiger partial charge in [0.2, 0.25) is 0 Å². The minimum absolute atomic E-state index is 0.713. The summed E-state index contributed by atoms with van der Waals surface area (Å²) in [4.78, 5) is 0.